The SMILES string of the molecule is Cc1nn(C)c(C)c1S(=O)(=O)NCc1ccn(C)n1. The molecule has 7 nitrogen and oxygen atoms in total. The largest absolute Gasteiger partial charge is 0.276 e. The van der Waals surface area contributed by atoms with Gasteiger partial charge in [-0.15, -0.1) is 0 Å². The summed E-state index contributed by atoms with van der Waals surface area (Å²) in [7, 11) is -0.0649. The van der Waals surface area contributed by atoms with Gasteiger partial charge in [0.25, 0.3) is 0 Å². The van der Waals surface area contributed by atoms with E-state index in [1.807, 2.05) is 0 Å². The monoisotopic (exact) mass is 283 g/mol. The van der Waals surface area contributed by atoms with Crippen molar-refractivity contribution in [3.8, 4) is 0 Å². The average molecular weight is 283 g/mol. The van der Waals surface area contributed by atoms with E-state index in [0.29, 0.717) is 17.1 Å². The van der Waals surface area contributed by atoms with E-state index in [-0.39, 0.29) is 11.4 Å². The molecule has 8 heteroatoms. The van der Waals surface area contributed by atoms with Crippen LogP contribution in [-0.2, 0) is 30.7 Å². The summed E-state index contributed by atoms with van der Waals surface area (Å²) in [6.45, 7) is 3.58. The lowest BCUT2D eigenvalue weighted by Gasteiger charge is -2.05. The third-order valence-electron chi connectivity index (χ3n) is 2.92. The van der Waals surface area contributed by atoms with Crippen molar-refractivity contribution < 1.29 is 8.42 Å². The number of sulfonamides is 1. The summed E-state index contributed by atoms with van der Waals surface area (Å²) in [4.78, 5) is 0.242. The molecule has 0 aliphatic carbocycles. The van der Waals surface area contributed by atoms with Crippen LogP contribution < -0.4 is 4.72 Å². The molecule has 0 fully saturated rings. The van der Waals surface area contributed by atoms with Gasteiger partial charge in [0.15, 0.2) is 0 Å². The molecule has 2 heterocycles. The predicted octanol–water partition coefficient (Wildman–Crippen LogP) is 0.249. The highest BCUT2D eigenvalue weighted by Gasteiger charge is 2.23. The molecule has 0 amide bonds. The Balaban J connectivity index is 2.23. The lowest BCUT2D eigenvalue weighted by molar-refractivity contribution is 0.578. The lowest BCUT2D eigenvalue weighted by Crippen LogP contribution is -2.24. The normalized spacial score (nSPS) is 12.0. The van der Waals surface area contributed by atoms with Gasteiger partial charge in [-0.05, 0) is 19.9 Å². The van der Waals surface area contributed by atoms with E-state index in [9.17, 15) is 8.42 Å². The smallest absolute Gasteiger partial charge is 0.244 e. The molecule has 104 valence electrons. The maximum atomic E-state index is 12.3. The Kier molecular flexibility index (Phi) is 3.46. The molecule has 2 rings (SSSR count). The van der Waals surface area contributed by atoms with Crippen LogP contribution in [0.25, 0.3) is 0 Å². The highest BCUT2D eigenvalue weighted by Crippen LogP contribution is 2.18. The molecule has 0 saturated carbocycles. The summed E-state index contributed by atoms with van der Waals surface area (Å²) < 4.78 is 30.3. The first-order valence-corrected chi connectivity index (χ1v) is 7.28. The van der Waals surface area contributed by atoms with Crippen molar-refractivity contribution in [2.75, 3.05) is 0 Å². The van der Waals surface area contributed by atoms with E-state index in [2.05, 4.69) is 14.9 Å². The van der Waals surface area contributed by atoms with Crippen molar-refractivity contribution in [1.82, 2.24) is 24.3 Å². The van der Waals surface area contributed by atoms with Gasteiger partial charge in [-0.25, -0.2) is 13.1 Å². The Morgan fingerprint density at radius 1 is 1.26 bits per heavy atom. The fraction of sp³-hybridized carbons (Fsp3) is 0.455. The zero-order chi connectivity index (χ0) is 14.2. The van der Waals surface area contributed by atoms with Crippen LogP contribution in [-0.4, -0.2) is 28.0 Å². The van der Waals surface area contributed by atoms with Crippen LogP contribution in [0.2, 0.25) is 0 Å². The van der Waals surface area contributed by atoms with Gasteiger partial charge in [0.1, 0.15) is 4.90 Å². The molecule has 0 atom stereocenters. The lowest BCUT2D eigenvalue weighted by atomic mass is 10.4. The molecule has 0 aliphatic heterocycles. The van der Waals surface area contributed by atoms with E-state index >= 15 is 0 Å². The first-order valence-electron chi connectivity index (χ1n) is 5.79. The van der Waals surface area contributed by atoms with Gasteiger partial charge in [0, 0.05) is 20.3 Å². The van der Waals surface area contributed by atoms with Crippen LogP contribution in [0.4, 0.5) is 0 Å². The molecule has 0 bridgehead atoms. The minimum absolute atomic E-state index is 0.164. The summed E-state index contributed by atoms with van der Waals surface area (Å²) in [5.41, 5.74) is 1.78. The van der Waals surface area contributed by atoms with E-state index in [1.54, 1.807) is 49.6 Å². The molecule has 2 aromatic heterocycles. The van der Waals surface area contributed by atoms with Gasteiger partial charge in [-0.3, -0.25) is 9.36 Å². The van der Waals surface area contributed by atoms with Crippen molar-refractivity contribution in [1.29, 1.82) is 0 Å². The van der Waals surface area contributed by atoms with Crippen LogP contribution in [0.5, 0.6) is 0 Å². The molecule has 0 spiro atoms. The number of nitrogens with zero attached hydrogens (tertiary/aromatic N) is 4. The summed E-state index contributed by atoms with van der Waals surface area (Å²) in [6.07, 6.45) is 1.77. The molecule has 2 aromatic rings. The molecule has 19 heavy (non-hydrogen) atoms. The Labute approximate surface area is 112 Å². The zero-order valence-corrected chi connectivity index (χ0v) is 12.2. The first-order chi connectivity index (χ1) is 8.81. The van der Waals surface area contributed by atoms with Crippen molar-refractivity contribution in [2.24, 2.45) is 14.1 Å². The van der Waals surface area contributed by atoms with Crippen LogP contribution in [0, 0.1) is 13.8 Å². The molecular weight excluding hydrogens is 266 g/mol. The van der Waals surface area contributed by atoms with Crippen molar-refractivity contribution >= 4 is 10.0 Å². The number of hydrogen-bond donors (Lipinski definition) is 1. The molecule has 0 aliphatic rings. The second kappa shape index (κ2) is 4.78. The standard InChI is InChI=1S/C11H17N5O2S/c1-8-11(9(2)16(4)13-8)19(17,18)12-7-10-5-6-15(3)14-10/h5-6,12H,7H2,1-4H3. The third kappa shape index (κ3) is 2.69. The van der Waals surface area contributed by atoms with Gasteiger partial charge in [-0.2, -0.15) is 10.2 Å². The molecular formula is C11H17N5O2S. The molecule has 0 radical (unpaired) electrons. The Morgan fingerprint density at radius 3 is 2.42 bits per heavy atom. The second-order valence-corrected chi connectivity index (χ2v) is 6.13. The van der Waals surface area contributed by atoms with Crippen molar-refractivity contribution in [2.45, 2.75) is 25.3 Å². The Hall–Kier alpha value is -1.67. The minimum Gasteiger partial charge on any atom is -0.276 e. The average Bonchev–Trinajstić information content (AvgIpc) is 2.82. The summed E-state index contributed by atoms with van der Waals surface area (Å²) in [6, 6.07) is 1.77. The summed E-state index contributed by atoms with van der Waals surface area (Å²) in [5.74, 6) is 0. The topological polar surface area (TPSA) is 81.8 Å². The fourth-order valence-electron chi connectivity index (χ4n) is 1.94. The first kappa shape index (κ1) is 13.8. The molecule has 0 unspecified atom stereocenters. The van der Waals surface area contributed by atoms with Gasteiger partial charge in [0.2, 0.25) is 10.0 Å². The summed E-state index contributed by atoms with van der Waals surface area (Å²) in [5, 5.41) is 8.24. The zero-order valence-electron chi connectivity index (χ0n) is 11.4. The number of nitrogens with one attached hydrogen (secondary N) is 1. The second-order valence-electron chi connectivity index (χ2n) is 4.43. The van der Waals surface area contributed by atoms with E-state index in [0.717, 1.165) is 0 Å². The fourth-order valence-corrected chi connectivity index (χ4v) is 3.37. The molecule has 0 aromatic carbocycles. The maximum Gasteiger partial charge on any atom is 0.244 e. The van der Waals surface area contributed by atoms with Crippen LogP contribution in [0.15, 0.2) is 17.2 Å². The molecule has 0 saturated heterocycles. The number of aromatic nitrogens is 4. The van der Waals surface area contributed by atoms with Crippen molar-refractivity contribution in [3.05, 3.63) is 29.3 Å². The van der Waals surface area contributed by atoms with E-state index in [1.165, 1.54) is 0 Å². The van der Waals surface area contributed by atoms with Crippen LogP contribution in [0.3, 0.4) is 0 Å². The maximum absolute atomic E-state index is 12.3. The Bertz CT molecular complexity index is 699. The van der Waals surface area contributed by atoms with E-state index in [4.69, 9.17) is 0 Å². The Morgan fingerprint density at radius 2 is 1.95 bits per heavy atom. The number of aryl methyl sites for hydroxylation is 3. The quantitative estimate of drug-likeness (QED) is 0.872. The minimum atomic E-state index is -3.57. The highest BCUT2D eigenvalue weighted by atomic mass is 32.2. The van der Waals surface area contributed by atoms with Gasteiger partial charge in [-0.1, -0.05) is 0 Å². The number of hydrogen-bond acceptors (Lipinski definition) is 4. The predicted molar refractivity (Wildman–Crippen MR) is 69.9 cm³/mol. The summed E-state index contributed by atoms with van der Waals surface area (Å²) >= 11 is 0. The van der Waals surface area contributed by atoms with Crippen LogP contribution in [0.1, 0.15) is 17.1 Å². The van der Waals surface area contributed by atoms with Crippen molar-refractivity contribution in [3.63, 3.8) is 0 Å². The van der Waals surface area contributed by atoms with Crippen LogP contribution >= 0.6 is 0 Å². The van der Waals surface area contributed by atoms with Gasteiger partial charge < -0.3 is 0 Å². The highest BCUT2D eigenvalue weighted by molar-refractivity contribution is 7.89. The van der Waals surface area contributed by atoms with Gasteiger partial charge >= 0.3 is 0 Å². The van der Waals surface area contributed by atoms with Gasteiger partial charge in [0.05, 0.1) is 23.6 Å². The number of rotatable bonds is 4. The van der Waals surface area contributed by atoms with E-state index < -0.39 is 10.0 Å². The molecule has 1 N–H and O–H groups in total. The third-order valence-corrected chi connectivity index (χ3v) is 4.58.